The van der Waals surface area contributed by atoms with Gasteiger partial charge in [0.1, 0.15) is 5.69 Å². The lowest BCUT2D eigenvalue weighted by molar-refractivity contribution is -0.384. The number of carbonyl (C=O) groups is 1. The van der Waals surface area contributed by atoms with Gasteiger partial charge in [-0.05, 0) is 122 Å². The number of thioether (sulfide) groups is 1. The Morgan fingerprint density at radius 3 is 2.32 bits per heavy atom. The van der Waals surface area contributed by atoms with E-state index in [-0.39, 0.29) is 11.3 Å². The summed E-state index contributed by atoms with van der Waals surface area (Å²) in [4.78, 5) is 32.9. The first-order chi connectivity index (χ1) is 26.9. The fourth-order valence-electron chi connectivity index (χ4n) is 7.21. The topological polar surface area (TPSA) is 139 Å². The van der Waals surface area contributed by atoms with Gasteiger partial charge in [-0.15, -0.1) is 11.8 Å². The molecule has 6 rings (SSSR count). The van der Waals surface area contributed by atoms with E-state index in [4.69, 9.17) is 9.88 Å². The highest BCUT2D eigenvalue weighted by Gasteiger charge is 2.36. The van der Waals surface area contributed by atoms with Gasteiger partial charge in [-0.3, -0.25) is 19.8 Å². The summed E-state index contributed by atoms with van der Waals surface area (Å²) in [5.74, 6) is 0.00414. The molecular formula is C42H47N5O6S3. The number of piperidine rings is 1. The number of nitrogens with two attached hydrogens (primary N) is 1. The molecule has 1 aliphatic rings. The first-order valence-electron chi connectivity index (χ1n) is 18.4. The second kappa shape index (κ2) is 18.1. The summed E-state index contributed by atoms with van der Waals surface area (Å²) in [6, 6.07) is 30.7. The molecule has 1 atom stereocenters. The largest absolute Gasteiger partial charge is 0.378 e. The number of rotatable bonds is 16. The van der Waals surface area contributed by atoms with Gasteiger partial charge in [0.05, 0.1) is 15.4 Å². The van der Waals surface area contributed by atoms with Crippen LogP contribution in [0.1, 0.15) is 35.2 Å². The zero-order valence-corrected chi connectivity index (χ0v) is 34.2. The molecule has 0 spiro atoms. The van der Waals surface area contributed by atoms with Gasteiger partial charge in [0.25, 0.3) is 11.6 Å². The van der Waals surface area contributed by atoms with E-state index in [0.29, 0.717) is 24.3 Å². The molecule has 0 saturated carbocycles. The molecule has 0 radical (unpaired) electrons. The van der Waals surface area contributed by atoms with E-state index in [0.717, 1.165) is 49.0 Å². The normalized spacial score (nSPS) is 14.8. The first-order valence-corrected chi connectivity index (χ1v) is 21.8. The van der Waals surface area contributed by atoms with Crippen molar-refractivity contribution in [1.82, 2.24) is 4.90 Å². The molecule has 11 nitrogen and oxygen atoms in total. The molecule has 1 fully saturated rings. The number of thiophene rings is 1. The highest BCUT2D eigenvalue weighted by Crippen LogP contribution is 2.38. The lowest BCUT2D eigenvalue weighted by Crippen LogP contribution is -2.47. The van der Waals surface area contributed by atoms with Crippen molar-refractivity contribution in [3.05, 3.63) is 135 Å². The number of primary sulfonamides is 1. The number of nitro groups is 1. The van der Waals surface area contributed by atoms with Gasteiger partial charge in [0.2, 0.25) is 10.0 Å². The third kappa shape index (κ3) is 9.86. The van der Waals surface area contributed by atoms with Crippen LogP contribution in [-0.2, 0) is 21.2 Å². The van der Waals surface area contributed by atoms with Crippen LogP contribution < -0.4 is 14.9 Å². The number of amides is 1. The maximum atomic E-state index is 14.7. The van der Waals surface area contributed by atoms with Gasteiger partial charge in [-0.1, -0.05) is 42.5 Å². The summed E-state index contributed by atoms with van der Waals surface area (Å²) in [6.07, 6.45) is 2.94. The van der Waals surface area contributed by atoms with Crippen LogP contribution in [0, 0.1) is 10.1 Å². The molecule has 5 aromatic rings. The number of methoxy groups -OCH3 is 1. The van der Waals surface area contributed by atoms with Crippen LogP contribution >= 0.6 is 23.1 Å². The molecule has 14 heteroatoms. The summed E-state index contributed by atoms with van der Waals surface area (Å²) in [7, 11) is 1.41. The fourth-order valence-corrected chi connectivity index (χ4v) is 9.45. The molecule has 2 heterocycles. The van der Waals surface area contributed by atoms with E-state index in [1.165, 1.54) is 33.7 Å². The van der Waals surface area contributed by atoms with Gasteiger partial charge in [-0.25, -0.2) is 13.6 Å². The molecule has 1 aromatic heterocycles. The van der Waals surface area contributed by atoms with E-state index in [1.807, 2.05) is 61.5 Å². The van der Waals surface area contributed by atoms with E-state index >= 15 is 0 Å². The summed E-state index contributed by atoms with van der Waals surface area (Å²) in [6.45, 7) is 2.13. The van der Waals surface area contributed by atoms with Crippen molar-refractivity contribution in [2.24, 2.45) is 5.14 Å². The van der Waals surface area contributed by atoms with E-state index in [1.54, 1.807) is 42.3 Å². The highest BCUT2D eigenvalue weighted by atomic mass is 32.2. The average Bonchev–Trinajstić information content (AvgIpc) is 3.74. The van der Waals surface area contributed by atoms with Crippen LogP contribution in [0.15, 0.2) is 124 Å². The standard InChI is InChI=1S/C42H47N5O6S3/c1-44(2)23-19-35(30-55-36-10-5-4-6-11-36)46(39-18-17-37(56(43,51)52)27-40(39)47(49)50)41(48)31-13-15-34(16-14-31)45-24-21-42(53-3,22-25-45)28-32-9-7-8-12-38(32)33-20-26-54-29-33/h4-18,20,26-27,29,35H,19,21-25,28,30H2,1-3H3,(H2,43,51,52)/t35-/m1/s1. The Labute approximate surface area is 337 Å². The Hall–Kier alpha value is -4.57. The van der Waals surface area contributed by atoms with Crippen LogP contribution in [0.2, 0.25) is 0 Å². The smallest absolute Gasteiger partial charge is 0.294 e. The molecule has 2 N–H and O–H groups in total. The number of nitrogens with zero attached hydrogens (tertiary/aromatic N) is 4. The number of hydrogen-bond donors (Lipinski definition) is 1. The van der Waals surface area contributed by atoms with Gasteiger partial charge in [-0.2, -0.15) is 11.3 Å². The third-order valence-corrected chi connectivity index (χ3v) is 13.1. The van der Waals surface area contributed by atoms with Crippen molar-refractivity contribution in [3.8, 4) is 11.1 Å². The number of hydrogen-bond acceptors (Lipinski definition) is 10. The average molecular weight is 814 g/mol. The Morgan fingerprint density at radius 1 is 1.00 bits per heavy atom. The second-order valence-corrected chi connectivity index (χ2v) is 17.7. The number of benzene rings is 4. The van der Waals surface area contributed by atoms with Gasteiger partial charge < -0.3 is 14.5 Å². The fraction of sp³-hybridized carbons (Fsp3) is 0.310. The van der Waals surface area contributed by atoms with Crippen molar-refractivity contribution in [1.29, 1.82) is 0 Å². The number of nitro benzene ring substituents is 1. The summed E-state index contributed by atoms with van der Waals surface area (Å²) in [5.41, 5.74) is 4.20. The quantitative estimate of drug-likeness (QED) is 0.0597. The van der Waals surface area contributed by atoms with Gasteiger partial charge in [0, 0.05) is 60.6 Å². The molecule has 0 bridgehead atoms. The number of sulfonamides is 1. The maximum Gasteiger partial charge on any atom is 0.294 e. The van der Waals surface area contributed by atoms with Crippen molar-refractivity contribution in [3.63, 3.8) is 0 Å². The van der Waals surface area contributed by atoms with Crippen LogP contribution in [0.25, 0.3) is 11.1 Å². The monoisotopic (exact) mass is 813 g/mol. The van der Waals surface area contributed by atoms with Gasteiger partial charge >= 0.3 is 0 Å². The Bertz CT molecular complexity index is 2210. The Kier molecular flexibility index (Phi) is 13.3. The zero-order valence-electron chi connectivity index (χ0n) is 31.7. The molecule has 1 aliphatic heterocycles. The molecule has 56 heavy (non-hydrogen) atoms. The highest BCUT2D eigenvalue weighted by molar-refractivity contribution is 7.99. The second-order valence-electron chi connectivity index (χ2n) is 14.3. The predicted octanol–water partition coefficient (Wildman–Crippen LogP) is 7.96. The molecule has 0 aliphatic carbocycles. The van der Waals surface area contributed by atoms with Crippen LogP contribution in [0.4, 0.5) is 17.1 Å². The number of ether oxygens (including phenoxy) is 1. The van der Waals surface area contributed by atoms with Crippen molar-refractivity contribution >= 4 is 56.1 Å². The molecular weight excluding hydrogens is 767 g/mol. The Morgan fingerprint density at radius 2 is 1.70 bits per heavy atom. The van der Waals surface area contributed by atoms with Crippen LogP contribution in [-0.4, -0.2) is 82.4 Å². The zero-order chi connectivity index (χ0) is 39.9. The molecule has 294 valence electrons. The summed E-state index contributed by atoms with van der Waals surface area (Å²) < 4.78 is 30.7. The lowest BCUT2D eigenvalue weighted by Gasteiger charge is -2.42. The van der Waals surface area contributed by atoms with Crippen LogP contribution in [0.3, 0.4) is 0 Å². The van der Waals surface area contributed by atoms with E-state index in [2.05, 4.69) is 46.0 Å². The van der Waals surface area contributed by atoms with Crippen LogP contribution in [0.5, 0.6) is 0 Å². The molecule has 1 amide bonds. The molecule has 1 saturated heterocycles. The van der Waals surface area contributed by atoms with E-state index in [9.17, 15) is 23.3 Å². The van der Waals surface area contributed by atoms with Gasteiger partial charge in [0.15, 0.2) is 0 Å². The molecule has 0 unspecified atom stereocenters. The first kappa shape index (κ1) is 41.1. The maximum absolute atomic E-state index is 14.7. The summed E-state index contributed by atoms with van der Waals surface area (Å²) in [5, 5.41) is 22.1. The minimum Gasteiger partial charge on any atom is -0.378 e. The minimum atomic E-state index is -4.24. The van der Waals surface area contributed by atoms with Crippen molar-refractivity contribution in [2.45, 2.75) is 47.1 Å². The lowest BCUT2D eigenvalue weighted by atomic mass is 9.83. The van der Waals surface area contributed by atoms with E-state index < -0.39 is 37.5 Å². The predicted molar refractivity (Wildman–Crippen MR) is 226 cm³/mol. The van der Waals surface area contributed by atoms with Crippen molar-refractivity contribution in [2.75, 3.05) is 56.4 Å². The SMILES string of the molecule is COC1(Cc2ccccc2-c2ccsc2)CCN(c2ccc(C(=O)N(c3ccc(S(N)(=O)=O)cc3[N+](=O)[O-])[C@H](CCN(C)C)CSc3ccccc3)cc2)CC1. The number of anilines is 2. The summed E-state index contributed by atoms with van der Waals surface area (Å²) >= 11 is 3.23. The molecule has 4 aromatic carbocycles. The third-order valence-electron chi connectivity index (χ3n) is 10.4. The Balaban J connectivity index is 1.27. The number of carbonyl (C=O) groups excluding carboxylic acids is 1. The van der Waals surface area contributed by atoms with Crippen molar-refractivity contribution < 1.29 is 22.9 Å². The minimum absolute atomic E-state index is 0.00130.